The molecule has 2 amide bonds. The van der Waals surface area contributed by atoms with Gasteiger partial charge in [-0.25, -0.2) is 4.39 Å². The van der Waals surface area contributed by atoms with Gasteiger partial charge in [0.15, 0.2) is 0 Å². The fourth-order valence-electron chi connectivity index (χ4n) is 3.47. The molecule has 0 unspecified atom stereocenters. The molecule has 116 valence electrons. The van der Waals surface area contributed by atoms with Crippen LogP contribution in [0.3, 0.4) is 0 Å². The third-order valence-corrected chi connectivity index (χ3v) is 4.94. The molecule has 2 N–H and O–H groups in total. The summed E-state index contributed by atoms with van der Waals surface area (Å²) < 4.78 is 13.3. The van der Waals surface area contributed by atoms with Crippen LogP contribution >= 0.6 is 0 Å². The van der Waals surface area contributed by atoms with E-state index in [0.29, 0.717) is 23.1 Å². The molecule has 0 spiro atoms. The lowest BCUT2D eigenvalue weighted by molar-refractivity contribution is -0.127. The summed E-state index contributed by atoms with van der Waals surface area (Å²) in [7, 11) is 0. The number of nitrogens with one attached hydrogen (secondary N) is 2. The fraction of sp³-hybridized carbons (Fsp3) is 0.529. The molecule has 1 aromatic rings. The first-order valence-corrected chi connectivity index (χ1v) is 8.01. The molecule has 0 bridgehead atoms. The van der Waals surface area contributed by atoms with Crippen LogP contribution in [0, 0.1) is 17.7 Å². The number of anilines is 1. The summed E-state index contributed by atoms with van der Waals surface area (Å²) >= 11 is 0. The van der Waals surface area contributed by atoms with Gasteiger partial charge in [0.05, 0.1) is 5.92 Å². The minimum atomic E-state index is -0.510. The second kappa shape index (κ2) is 5.07. The SMILES string of the molecule is O=C1C[C@@H](C(=O)NC(C2CC2)C2CC2)c2ccc(F)cc2N1. The summed E-state index contributed by atoms with van der Waals surface area (Å²) in [6, 6.07) is 4.50. The maximum atomic E-state index is 13.3. The van der Waals surface area contributed by atoms with Gasteiger partial charge >= 0.3 is 0 Å². The second-order valence-electron chi connectivity index (χ2n) is 6.75. The van der Waals surface area contributed by atoms with Crippen molar-refractivity contribution in [3.63, 3.8) is 0 Å². The average Bonchev–Trinajstić information content (AvgIpc) is 3.37. The molecule has 1 heterocycles. The maximum Gasteiger partial charge on any atom is 0.228 e. The minimum Gasteiger partial charge on any atom is -0.352 e. The van der Waals surface area contributed by atoms with Crippen molar-refractivity contribution in [2.45, 2.75) is 44.1 Å². The van der Waals surface area contributed by atoms with Crippen LogP contribution in [0.1, 0.15) is 43.6 Å². The summed E-state index contributed by atoms with van der Waals surface area (Å²) in [4.78, 5) is 24.5. The molecule has 2 saturated carbocycles. The van der Waals surface area contributed by atoms with E-state index < -0.39 is 11.7 Å². The van der Waals surface area contributed by atoms with Crippen LogP contribution in [-0.4, -0.2) is 17.9 Å². The Morgan fingerprint density at radius 1 is 1.23 bits per heavy atom. The molecule has 5 heteroatoms. The van der Waals surface area contributed by atoms with Crippen molar-refractivity contribution in [1.29, 1.82) is 0 Å². The third-order valence-electron chi connectivity index (χ3n) is 4.94. The van der Waals surface area contributed by atoms with E-state index in [1.54, 1.807) is 6.07 Å². The highest BCUT2D eigenvalue weighted by molar-refractivity contribution is 6.01. The molecular weight excluding hydrogens is 283 g/mol. The van der Waals surface area contributed by atoms with Crippen molar-refractivity contribution in [3.05, 3.63) is 29.6 Å². The van der Waals surface area contributed by atoms with Gasteiger partial charge in [0.25, 0.3) is 0 Å². The van der Waals surface area contributed by atoms with E-state index in [1.807, 2.05) is 0 Å². The zero-order valence-electron chi connectivity index (χ0n) is 12.3. The highest BCUT2D eigenvalue weighted by atomic mass is 19.1. The summed E-state index contributed by atoms with van der Waals surface area (Å²) in [5.41, 5.74) is 1.13. The van der Waals surface area contributed by atoms with Crippen molar-refractivity contribution < 1.29 is 14.0 Å². The van der Waals surface area contributed by atoms with Crippen LogP contribution in [0.25, 0.3) is 0 Å². The van der Waals surface area contributed by atoms with Crippen molar-refractivity contribution in [1.82, 2.24) is 5.32 Å². The largest absolute Gasteiger partial charge is 0.352 e. The third kappa shape index (κ3) is 2.60. The van der Waals surface area contributed by atoms with Crippen LogP contribution in [0.4, 0.5) is 10.1 Å². The number of halogens is 1. The van der Waals surface area contributed by atoms with E-state index in [2.05, 4.69) is 10.6 Å². The number of carbonyl (C=O) groups excluding carboxylic acids is 2. The zero-order chi connectivity index (χ0) is 15.3. The maximum absolute atomic E-state index is 13.3. The molecule has 1 aromatic carbocycles. The highest BCUT2D eigenvalue weighted by Gasteiger charge is 2.43. The Hall–Kier alpha value is -1.91. The standard InChI is InChI=1S/C17H19FN2O2/c18-11-5-6-12-13(8-15(21)19-14(12)7-11)17(22)20-16(9-1-2-9)10-3-4-10/h5-7,9-10,13,16H,1-4,8H2,(H,19,21)(H,20,22)/t13-/m1/s1. The minimum absolute atomic E-state index is 0.0912. The Balaban J connectivity index is 1.56. The van der Waals surface area contributed by atoms with Gasteiger partial charge in [0.1, 0.15) is 5.82 Å². The summed E-state index contributed by atoms with van der Waals surface area (Å²) in [6.45, 7) is 0. The molecule has 2 fully saturated rings. The van der Waals surface area contributed by atoms with Crippen molar-refractivity contribution in [2.24, 2.45) is 11.8 Å². The number of amides is 2. The van der Waals surface area contributed by atoms with Gasteiger partial charge in [-0.3, -0.25) is 9.59 Å². The van der Waals surface area contributed by atoms with Gasteiger partial charge in [0.2, 0.25) is 11.8 Å². The Labute approximate surface area is 128 Å². The van der Waals surface area contributed by atoms with Crippen LogP contribution in [-0.2, 0) is 9.59 Å². The zero-order valence-corrected chi connectivity index (χ0v) is 12.3. The van der Waals surface area contributed by atoms with Crippen molar-refractivity contribution in [3.8, 4) is 0 Å². The first-order chi connectivity index (χ1) is 10.6. The van der Waals surface area contributed by atoms with Gasteiger partial charge in [-0.2, -0.15) is 0 Å². The van der Waals surface area contributed by atoms with E-state index in [0.717, 1.165) is 0 Å². The van der Waals surface area contributed by atoms with Gasteiger partial charge < -0.3 is 10.6 Å². The summed E-state index contributed by atoms with van der Waals surface area (Å²) in [5, 5.41) is 5.82. The van der Waals surface area contributed by atoms with Crippen LogP contribution in [0.2, 0.25) is 0 Å². The monoisotopic (exact) mass is 302 g/mol. The van der Waals surface area contributed by atoms with Gasteiger partial charge in [-0.05, 0) is 55.2 Å². The molecular formula is C17H19FN2O2. The van der Waals surface area contributed by atoms with E-state index in [1.165, 1.54) is 37.8 Å². The number of rotatable bonds is 4. The molecule has 4 rings (SSSR count). The topological polar surface area (TPSA) is 58.2 Å². The normalized spacial score (nSPS) is 23.9. The van der Waals surface area contributed by atoms with E-state index in [-0.39, 0.29) is 24.3 Å². The number of fused-ring (bicyclic) bond motifs is 1. The Morgan fingerprint density at radius 2 is 1.91 bits per heavy atom. The summed E-state index contributed by atoms with van der Waals surface area (Å²) in [5.74, 6) is -0.0134. The smallest absolute Gasteiger partial charge is 0.228 e. The predicted molar refractivity (Wildman–Crippen MR) is 79.8 cm³/mol. The Kier molecular flexibility index (Phi) is 3.17. The number of benzene rings is 1. The molecule has 0 aromatic heterocycles. The van der Waals surface area contributed by atoms with Gasteiger partial charge in [-0.1, -0.05) is 6.07 Å². The molecule has 3 aliphatic rings. The molecule has 1 atom stereocenters. The average molecular weight is 302 g/mol. The highest BCUT2D eigenvalue weighted by Crippen LogP contribution is 2.45. The molecule has 22 heavy (non-hydrogen) atoms. The van der Waals surface area contributed by atoms with E-state index >= 15 is 0 Å². The van der Waals surface area contributed by atoms with E-state index in [4.69, 9.17) is 0 Å². The van der Waals surface area contributed by atoms with Crippen LogP contribution in [0.5, 0.6) is 0 Å². The summed E-state index contributed by atoms with van der Waals surface area (Å²) in [6.07, 6.45) is 4.89. The quantitative estimate of drug-likeness (QED) is 0.898. The first-order valence-electron chi connectivity index (χ1n) is 8.01. The molecule has 0 saturated heterocycles. The van der Waals surface area contributed by atoms with E-state index in [9.17, 15) is 14.0 Å². The number of carbonyl (C=O) groups is 2. The van der Waals surface area contributed by atoms with Crippen molar-refractivity contribution >= 4 is 17.5 Å². The molecule has 4 nitrogen and oxygen atoms in total. The fourth-order valence-corrected chi connectivity index (χ4v) is 3.47. The lowest BCUT2D eigenvalue weighted by Gasteiger charge is -2.27. The molecule has 1 aliphatic heterocycles. The van der Waals surface area contributed by atoms with Gasteiger partial charge in [-0.15, -0.1) is 0 Å². The number of hydrogen-bond donors (Lipinski definition) is 2. The van der Waals surface area contributed by atoms with Crippen molar-refractivity contribution in [2.75, 3.05) is 5.32 Å². The molecule has 2 aliphatic carbocycles. The van der Waals surface area contributed by atoms with Gasteiger partial charge in [0, 0.05) is 18.2 Å². The van der Waals surface area contributed by atoms with Crippen LogP contribution < -0.4 is 10.6 Å². The Bertz CT molecular complexity index is 626. The first kappa shape index (κ1) is 13.7. The lowest BCUT2D eigenvalue weighted by Crippen LogP contribution is -2.42. The second-order valence-corrected chi connectivity index (χ2v) is 6.75. The Morgan fingerprint density at radius 3 is 2.55 bits per heavy atom. The predicted octanol–water partition coefficient (Wildman–Crippen LogP) is 2.56. The molecule has 0 radical (unpaired) electrons. The lowest BCUT2D eigenvalue weighted by atomic mass is 9.89. The van der Waals surface area contributed by atoms with Crippen LogP contribution in [0.15, 0.2) is 18.2 Å². The number of hydrogen-bond acceptors (Lipinski definition) is 2.